The first-order chi connectivity index (χ1) is 17.0. The number of carbonyl (C=O) groups excluding carboxylic acids is 1. The highest BCUT2D eigenvalue weighted by atomic mass is 35.5. The van der Waals surface area contributed by atoms with Crippen LogP contribution < -0.4 is 10.2 Å². The number of halogens is 4. The molecule has 1 aliphatic rings. The summed E-state index contributed by atoms with van der Waals surface area (Å²) in [7, 11) is 0. The number of ether oxygens (including phenoxy) is 1. The Morgan fingerprint density at radius 3 is 2.22 bits per heavy atom. The number of carbonyl (C=O) groups is 1. The van der Waals surface area contributed by atoms with Crippen LogP contribution in [0, 0.1) is 0 Å². The molecule has 1 atom stereocenters. The Kier molecular flexibility index (Phi) is 11.2. The van der Waals surface area contributed by atoms with Crippen molar-refractivity contribution in [3.05, 3.63) is 99.0 Å². The Bertz CT molecular complexity index is 1130. The summed E-state index contributed by atoms with van der Waals surface area (Å²) in [5, 5.41) is 5.11. The van der Waals surface area contributed by atoms with Crippen LogP contribution in [0.5, 0.6) is 0 Å². The summed E-state index contributed by atoms with van der Waals surface area (Å²) < 4.78 is 5.94. The van der Waals surface area contributed by atoms with Crippen LogP contribution in [-0.4, -0.2) is 49.6 Å². The molecule has 1 saturated heterocycles. The topological polar surface area (TPSA) is 44.8 Å². The van der Waals surface area contributed by atoms with Crippen LogP contribution >= 0.6 is 47.2 Å². The van der Waals surface area contributed by atoms with Crippen molar-refractivity contribution in [3.8, 4) is 0 Å². The van der Waals surface area contributed by atoms with Crippen LogP contribution in [0.4, 0.5) is 5.69 Å². The van der Waals surface area contributed by atoms with Crippen LogP contribution in [0.3, 0.4) is 0 Å². The first-order valence-corrected chi connectivity index (χ1v) is 12.7. The number of piperazine rings is 1. The standard InChI is InChI=1S/C27H28Cl3N3O2.ClH/c28-22-11-10-21(16-24(22)30)18-35-19-25(31-17-20-6-2-1-3-7-20)27(34)33-14-12-32(13-15-33)26-9-5-4-8-23(26)29;/h1-11,16,25,31H,12-15,17-19H2;1H. The van der Waals surface area contributed by atoms with Gasteiger partial charge in [-0.1, -0.05) is 83.3 Å². The summed E-state index contributed by atoms with van der Waals surface area (Å²) in [5.74, 6) is 0.0360. The van der Waals surface area contributed by atoms with Gasteiger partial charge in [0.1, 0.15) is 6.04 Å². The van der Waals surface area contributed by atoms with Gasteiger partial charge in [0.15, 0.2) is 0 Å². The lowest BCUT2D eigenvalue weighted by molar-refractivity contribution is -0.135. The van der Waals surface area contributed by atoms with Crippen LogP contribution in [-0.2, 0) is 22.7 Å². The van der Waals surface area contributed by atoms with E-state index in [1.54, 1.807) is 12.1 Å². The average Bonchev–Trinajstić information content (AvgIpc) is 2.89. The Hall–Kier alpha value is -1.99. The quantitative estimate of drug-likeness (QED) is 0.339. The van der Waals surface area contributed by atoms with E-state index in [1.807, 2.05) is 65.6 Å². The van der Waals surface area contributed by atoms with Gasteiger partial charge in [0.25, 0.3) is 0 Å². The number of amides is 1. The van der Waals surface area contributed by atoms with Crippen molar-refractivity contribution in [2.45, 2.75) is 19.2 Å². The van der Waals surface area contributed by atoms with Gasteiger partial charge >= 0.3 is 0 Å². The van der Waals surface area contributed by atoms with Gasteiger partial charge in [-0.15, -0.1) is 12.4 Å². The lowest BCUT2D eigenvalue weighted by Gasteiger charge is -2.38. The van der Waals surface area contributed by atoms with Gasteiger partial charge in [0, 0.05) is 32.7 Å². The minimum Gasteiger partial charge on any atom is -0.375 e. The summed E-state index contributed by atoms with van der Waals surface area (Å²) in [6.07, 6.45) is 0. The molecule has 9 heteroatoms. The summed E-state index contributed by atoms with van der Waals surface area (Å²) in [4.78, 5) is 17.6. The number of para-hydroxylation sites is 1. The maximum Gasteiger partial charge on any atom is 0.242 e. The molecule has 3 aromatic carbocycles. The van der Waals surface area contributed by atoms with Gasteiger partial charge < -0.3 is 14.5 Å². The molecule has 3 aromatic rings. The molecule has 0 spiro atoms. The van der Waals surface area contributed by atoms with Crippen molar-refractivity contribution >= 4 is 58.8 Å². The highest BCUT2D eigenvalue weighted by molar-refractivity contribution is 6.42. The highest BCUT2D eigenvalue weighted by Gasteiger charge is 2.28. The Labute approximate surface area is 233 Å². The maximum atomic E-state index is 13.5. The SMILES string of the molecule is Cl.O=C(C(COCc1ccc(Cl)c(Cl)c1)NCc1ccccc1)N1CCN(c2ccccc2Cl)CC1. The zero-order valence-electron chi connectivity index (χ0n) is 19.7. The molecule has 4 rings (SSSR count). The first kappa shape index (κ1) is 28.6. The number of hydrogen-bond donors (Lipinski definition) is 1. The molecule has 1 unspecified atom stereocenters. The van der Waals surface area contributed by atoms with Crippen molar-refractivity contribution < 1.29 is 9.53 Å². The molecule has 192 valence electrons. The van der Waals surface area contributed by atoms with Crippen molar-refractivity contribution in [2.24, 2.45) is 0 Å². The monoisotopic (exact) mass is 567 g/mol. The summed E-state index contributed by atoms with van der Waals surface area (Å²) in [6.45, 7) is 3.87. The van der Waals surface area contributed by atoms with E-state index in [4.69, 9.17) is 39.5 Å². The fourth-order valence-corrected chi connectivity index (χ4v) is 4.65. The third-order valence-electron chi connectivity index (χ3n) is 6.02. The Morgan fingerprint density at radius 2 is 1.53 bits per heavy atom. The van der Waals surface area contributed by atoms with E-state index in [2.05, 4.69) is 10.2 Å². The zero-order valence-corrected chi connectivity index (χ0v) is 22.8. The van der Waals surface area contributed by atoms with Crippen molar-refractivity contribution in [1.82, 2.24) is 10.2 Å². The smallest absolute Gasteiger partial charge is 0.242 e. The Balaban J connectivity index is 0.00000361. The van der Waals surface area contributed by atoms with Gasteiger partial charge in [-0.3, -0.25) is 10.1 Å². The highest BCUT2D eigenvalue weighted by Crippen LogP contribution is 2.26. The van der Waals surface area contributed by atoms with E-state index in [0.717, 1.165) is 34.9 Å². The molecular weight excluding hydrogens is 540 g/mol. The number of benzene rings is 3. The average molecular weight is 569 g/mol. The number of nitrogens with one attached hydrogen (secondary N) is 1. The largest absolute Gasteiger partial charge is 0.375 e. The molecule has 5 nitrogen and oxygen atoms in total. The van der Waals surface area contributed by atoms with Gasteiger partial charge in [-0.05, 0) is 35.4 Å². The lowest BCUT2D eigenvalue weighted by atomic mass is 10.1. The number of nitrogens with zero attached hydrogens (tertiary/aromatic N) is 2. The van der Waals surface area contributed by atoms with Crippen molar-refractivity contribution in [2.75, 3.05) is 37.7 Å². The van der Waals surface area contributed by atoms with Gasteiger partial charge in [-0.2, -0.15) is 0 Å². The van der Waals surface area contributed by atoms with Gasteiger partial charge in [0.2, 0.25) is 5.91 Å². The molecule has 1 N–H and O–H groups in total. The third kappa shape index (κ3) is 7.75. The van der Waals surface area contributed by atoms with Crippen LogP contribution in [0.15, 0.2) is 72.8 Å². The minimum atomic E-state index is -0.468. The van der Waals surface area contributed by atoms with Gasteiger partial charge in [0.05, 0.1) is 34.0 Å². The molecule has 1 fully saturated rings. The van der Waals surface area contributed by atoms with E-state index >= 15 is 0 Å². The maximum absolute atomic E-state index is 13.5. The van der Waals surface area contributed by atoms with Crippen LogP contribution in [0.25, 0.3) is 0 Å². The fraction of sp³-hybridized carbons (Fsp3) is 0.296. The molecule has 0 aromatic heterocycles. The fourth-order valence-electron chi connectivity index (χ4n) is 4.07. The van der Waals surface area contributed by atoms with E-state index < -0.39 is 6.04 Å². The van der Waals surface area contributed by atoms with E-state index in [9.17, 15) is 4.79 Å². The number of rotatable bonds is 9. The van der Waals surface area contributed by atoms with Gasteiger partial charge in [-0.25, -0.2) is 0 Å². The molecular formula is C27H29Cl4N3O2. The summed E-state index contributed by atoms with van der Waals surface area (Å²) >= 11 is 18.5. The molecule has 0 saturated carbocycles. The number of anilines is 1. The first-order valence-electron chi connectivity index (χ1n) is 11.6. The second kappa shape index (κ2) is 14.1. The molecule has 1 heterocycles. The van der Waals surface area contributed by atoms with E-state index in [0.29, 0.717) is 36.3 Å². The molecule has 0 aliphatic carbocycles. The minimum absolute atomic E-state index is 0. The molecule has 1 amide bonds. The molecule has 36 heavy (non-hydrogen) atoms. The van der Waals surface area contributed by atoms with Crippen molar-refractivity contribution in [3.63, 3.8) is 0 Å². The lowest BCUT2D eigenvalue weighted by Crippen LogP contribution is -2.55. The predicted molar refractivity (Wildman–Crippen MR) is 151 cm³/mol. The zero-order chi connectivity index (χ0) is 24.6. The molecule has 0 radical (unpaired) electrons. The van der Waals surface area contributed by atoms with E-state index in [-0.39, 0.29) is 24.9 Å². The molecule has 1 aliphatic heterocycles. The third-order valence-corrected chi connectivity index (χ3v) is 7.07. The second-order valence-corrected chi connectivity index (χ2v) is 9.67. The number of hydrogen-bond acceptors (Lipinski definition) is 4. The molecule has 0 bridgehead atoms. The predicted octanol–water partition coefficient (Wildman–Crippen LogP) is 6.09. The van der Waals surface area contributed by atoms with E-state index in [1.165, 1.54) is 0 Å². The van der Waals surface area contributed by atoms with Crippen LogP contribution in [0.2, 0.25) is 15.1 Å². The second-order valence-electron chi connectivity index (χ2n) is 8.45. The summed E-state index contributed by atoms with van der Waals surface area (Å²) in [6, 6.07) is 22.8. The van der Waals surface area contributed by atoms with Crippen LogP contribution in [0.1, 0.15) is 11.1 Å². The normalized spacial score (nSPS) is 14.3. The summed E-state index contributed by atoms with van der Waals surface area (Å²) in [5.41, 5.74) is 3.02. The Morgan fingerprint density at radius 1 is 0.833 bits per heavy atom. The van der Waals surface area contributed by atoms with Crippen molar-refractivity contribution in [1.29, 1.82) is 0 Å².